The number of hydrogen-bond donors (Lipinski definition) is 1. The molecule has 0 aliphatic rings. The Kier molecular flexibility index (Phi) is 11.1. The number of amides is 2. The van der Waals surface area contributed by atoms with Crippen LogP contribution in [0.15, 0.2) is 77.7 Å². The predicted octanol–water partition coefficient (Wildman–Crippen LogP) is 6.13. The van der Waals surface area contributed by atoms with Gasteiger partial charge in [0.25, 0.3) is 10.0 Å². The molecular formula is C28H30Cl2IN3O4S. The van der Waals surface area contributed by atoms with E-state index in [1.807, 2.05) is 13.8 Å². The van der Waals surface area contributed by atoms with Gasteiger partial charge in [0.05, 0.1) is 10.6 Å². The van der Waals surface area contributed by atoms with Crippen molar-refractivity contribution in [1.29, 1.82) is 0 Å². The summed E-state index contributed by atoms with van der Waals surface area (Å²) in [5.74, 6) is -0.887. The zero-order chi connectivity index (χ0) is 28.7. The second-order valence-corrected chi connectivity index (χ2v) is 13.1. The molecule has 0 spiro atoms. The lowest BCUT2D eigenvalue weighted by molar-refractivity contribution is -0.140. The monoisotopic (exact) mass is 701 g/mol. The molecule has 0 saturated carbocycles. The third kappa shape index (κ3) is 8.09. The number of halogens is 3. The summed E-state index contributed by atoms with van der Waals surface area (Å²) in [4.78, 5) is 28.6. The zero-order valence-electron chi connectivity index (χ0n) is 21.8. The van der Waals surface area contributed by atoms with E-state index in [-0.39, 0.29) is 23.4 Å². The highest BCUT2D eigenvalue weighted by molar-refractivity contribution is 14.1. The number of rotatable bonds is 11. The fraction of sp³-hybridized carbons (Fsp3) is 0.286. The number of carbonyl (C=O) groups is 2. The first-order valence-electron chi connectivity index (χ1n) is 12.3. The first-order valence-corrected chi connectivity index (χ1v) is 15.6. The average molecular weight is 702 g/mol. The average Bonchev–Trinajstić information content (AvgIpc) is 2.89. The molecule has 0 aromatic heterocycles. The number of carbonyl (C=O) groups excluding carboxylic acids is 2. The summed E-state index contributed by atoms with van der Waals surface area (Å²) in [5.41, 5.74) is 0.911. The molecule has 11 heteroatoms. The lowest BCUT2D eigenvalue weighted by Crippen LogP contribution is -2.53. The summed E-state index contributed by atoms with van der Waals surface area (Å²) in [6.07, 6.45) is 0.310. The van der Waals surface area contributed by atoms with Gasteiger partial charge in [0.15, 0.2) is 0 Å². The van der Waals surface area contributed by atoms with Crippen molar-refractivity contribution in [1.82, 2.24) is 10.2 Å². The SMILES string of the molecule is CC[C@@H](C(=O)NC(C)C)N(Cc1ccc(Cl)cc1Cl)C(=O)CN(c1ccc(I)cc1)S(=O)(=O)c1ccccc1. The summed E-state index contributed by atoms with van der Waals surface area (Å²) >= 11 is 14.6. The number of anilines is 1. The number of nitrogens with zero attached hydrogens (tertiary/aromatic N) is 2. The van der Waals surface area contributed by atoms with E-state index < -0.39 is 28.5 Å². The highest BCUT2D eigenvalue weighted by atomic mass is 127. The lowest BCUT2D eigenvalue weighted by atomic mass is 10.1. The Labute approximate surface area is 253 Å². The Morgan fingerprint density at radius 3 is 2.18 bits per heavy atom. The Morgan fingerprint density at radius 1 is 0.974 bits per heavy atom. The van der Waals surface area contributed by atoms with Crippen LogP contribution in [-0.2, 0) is 26.2 Å². The Hall–Kier alpha value is -2.34. The van der Waals surface area contributed by atoms with E-state index in [2.05, 4.69) is 27.9 Å². The number of benzene rings is 3. The summed E-state index contributed by atoms with van der Waals surface area (Å²) in [6.45, 7) is 4.93. The molecule has 0 bridgehead atoms. The van der Waals surface area contributed by atoms with Crippen molar-refractivity contribution in [3.63, 3.8) is 0 Å². The van der Waals surface area contributed by atoms with Gasteiger partial charge >= 0.3 is 0 Å². The Bertz CT molecular complexity index is 1400. The molecule has 39 heavy (non-hydrogen) atoms. The first kappa shape index (κ1) is 31.2. The van der Waals surface area contributed by atoms with Crippen LogP contribution in [0.3, 0.4) is 0 Å². The van der Waals surface area contributed by atoms with E-state index in [4.69, 9.17) is 23.2 Å². The number of nitrogens with one attached hydrogen (secondary N) is 1. The largest absolute Gasteiger partial charge is 0.352 e. The molecule has 0 radical (unpaired) electrons. The van der Waals surface area contributed by atoms with Crippen LogP contribution in [0.5, 0.6) is 0 Å². The van der Waals surface area contributed by atoms with Crippen LogP contribution < -0.4 is 9.62 Å². The van der Waals surface area contributed by atoms with Crippen molar-refractivity contribution in [2.45, 2.75) is 50.7 Å². The molecule has 2 amide bonds. The van der Waals surface area contributed by atoms with Gasteiger partial charge < -0.3 is 10.2 Å². The molecule has 0 aliphatic heterocycles. The van der Waals surface area contributed by atoms with Gasteiger partial charge in [0, 0.05) is 26.2 Å². The smallest absolute Gasteiger partial charge is 0.264 e. The molecule has 0 aliphatic carbocycles. The van der Waals surface area contributed by atoms with E-state index >= 15 is 0 Å². The van der Waals surface area contributed by atoms with Gasteiger partial charge in [0.2, 0.25) is 11.8 Å². The van der Waals surface area contributed by atoms with Crippen molar-refractivity contribution >= 4 is 73.3 Å². The van der Waals surface area contributed by atoms with Crippen LogP contribution in [0.4, 0.5) is 5.69 Å². The fourth-order valence-electron chi connectivity index (χ4n) is 3.99. The van der Waals surface area contributed by atoms with Crippen LogP contribution in [0.25, 0.3) is 0 Å². The van der Waals surface area contributed by atoms with Crippen molar-refractivity contribution in [2.24, 2.45) is 0 Å². The van der Waals surface area contributed by atoms with Crippen LogP contribution in [0.2, 0.25) is 10.0 Å². The molecule has 1 atom stereocenters. The zero-order valence-corrected chi connectivity index (χ0v) is 26.3. The topological polar surface area (TPSA) is 86.8 Å². The van der Waals surface area contributed by atoms with E-state index in [0.717, 1.165) is 7.88 Å². The maximum atomic E-state index is 14.0. The molecule has 3 aromatic carbocycles. The van der Waals surface area contributed by atoms with Crippen molar-refractivity contribution < 1.29 is 18.0 Å². The van der Waals surface area contributed by atoms with Crippen LogP contribution in [0.1, 0.15) is 32.8 Å². The molecule has 0 saturated heterocycles. The van der Waals surface area contributed by atoms with Gasteiger partial charge in [-0.15, -0.1) is 0 Å². The summed E-state index contributed by atoms with van der Waals surface area (Å²) in [5, 5.41) is 3.64. The minimum Gasteiger partial charge on any atom is -0.352 e. The van der Waals surface area contributed by atoms with Gasteiger partial charge in [-0.2, -0.15) is 0 Å². The molecule has 208 valence electrons. The number of hydrogen-bond acceptors (Lipinski definition) is 4. The maximum Gasteiger partial charge on any atom is 0.264 e. The molecule has 0 fully saturated rings. The maximum absolute atomic E-state index is 14.0. The predicted molar refractivity (Wildman–Crippen MR) is 165 cm³/mol. The van der Waals surface area contributed by atoms with E-state index in [9.17, 15) is 18.0 Å². The third-order valence-electron chi connectivity index (χ3n) is 5.90. The van der Waals surface area contributed by atoms with Crippen LogP contribution in [0, 0.1) is 3.57 Å². The summed E-state index contributed by atoms with van der Waals surface area (Å²) in [6, 6.07) is 18.7. The van der Waals surface area contributed by atoms with E-state index in [0.29, 0.717) is 27.7 Å². The molecular weight excluding hydrogens is 672 g/mol. The highest BCUT2D eigenvalue weighted by Crippen LogP contribution is 2.27. The molecule has 3 rings (SSSR count). The van der Waals surface area contributed by atoms with E-state index in [1.165, 1.54) is 17.0 Å². The molecule has 3 aromatic rings. The third-order valence-corrected chi connectivity index (χ3v) is 8.99. The second-order valence-electron chi connectivity index (χ2n) is 9.15. The summed E-state index contributed by atoms with van der Waals surface area (Å²) in [7, 11) is -4.11. The normalized spacial score (nSPS) is 12.2. The molecule has 1 N–H and O–H groups in total. The van der Waals surface area contributed by atoms with Crippen LogP contribution >= 0.6 is 45.8 Å². The van der Waals surface area contributed by atoms with Gasteiger partial charge in [-0.25, -0.2) is 8.42 Å². The fourth-order valence-corrected chi connectivity index (χ4v) is 6.25. The second kappa shape index (κ2) is 13.8. The molecule has 0 unspecified atom stereocenters. The van der Waals surface area contributed by atoms with Crippen LogP contribution in [-0.4, -0.2) is 43.8 Å². The number of sulfonamides is 1. The van der Waals surface area contributed by atoms with Gasteiger partial charge in [0.1, 0.15) is 12.6 Å². The van der Waals surface area contributed by atoms with E-state index in [1.54, 1.807) is 67.6 Å². The van der Waals surface area contributed by atoms with Crippen molar-refractivity contribution in [3.8, 4) is 0 Å². The minimum atomic E-state index is -4.11. The quantitative estimate of drug-likeness (QED) is 0.244. The van der Waals surface area contributed by atoms with Gasteiger partial charge in [-0.05, 0) is 97.0 Å². The Morgan fingerprint density at radius 2 is 1.62 bits per heavy atom. The van der Waals surface area contributed by atoms with Crippen molar-refractivity contribution in [2.75, 3.05) is 10.8 Å². The first-order chi connectivity index (χ1) is 18.4. The highest BCUT2D eigenvalue weighted by Gasteiger charge is 2.34. The summed E-state index contributed by atoms with van der Waals surface area (Å²) < 4.78 is 29.6. The van der Waals surface area contributed by atoms with Gasteiger partial charge in [-0.1, -0.05) is 54.4 Å². The van der Waals surface area contributed by atoms with Gasteiger partial charge in [-0.3, -0.25) is 13.9 Å². The lowest BCUT2D eigenvalue weighted by Gasteiger charge is -2.33. The molecule has 7 nitrogen and oxygen atoms in total. The minimum absolute atomic E-state index is 0.00916. The van der Waals surface area contributed by atoms with Crippen molar-refractivity contribution in [3.05, 3.63) is 92.0 Å². The standard InChI is InChI=1S/C28H30Cl2IN3O4S/c1-4-26(28(36)32-19(2)3)33(17-20-10-11-21(29)16-25(20)30)27(35)18-34(23-14-12-22(31)13-15-23)39(37,38)24-8-6-5-7-9-24/h5-16,19,26H,4,17-18H2,1-3H3,(H,32,36)/t26-/m0/s1. The molecule has 0 heterocycles. The Balaban J connectivity index is 2.07.